The molecule has 35 heavy (non-hydrogen) atoms. The van der Waals surface area contributed by atoms with Gasteiger partial charge in [0.2, 0.25) is 21.8 Å². The van der Waals surface area contributed by atoms with Crippen molar-refractivity contribution < 1.29 is 22.7 Å². The standard InChI is InChI=1S/C26H29N3O5S/c1-18-7-10-24(34-2)23(15-18)28-25(30)17-27-26(31)20-11-13-29(14-12-20)35(32,33)22-9-8-19-5-3-4-6-21(19)16-22/h3-10,15-16,20H,11-14,17H2,1-2H3,(H,27,31)(H,28,30). The third-order valence-corrected chi connectivity index (χ3v) is 8.13. The number of methoxy groups -OCH3 is 1. The number of nitrogens with one attached hydrogen (secondary N) is 2. The van der Waals surface area contributed by atoms with Crippen molar-refractivity contribution in [2.75, 3.05) is 32.1 Å². The van der Waals surface area contributed by atoms with Gasteiger partial charge in [-0.3, -0.25) is 9.59 Å². The van der Waals surface area contributed by atoms with Crippen LogP contribution >= 0.6 is 0 Å². The number of nitrogens with zero attached hydrogens (tertiary/aromatic N) is 1. The average molecular weight is 496 g/mol. The third-order valence-electron chi connectivity index (χ3n) is 6.24. The van der Waals surface area contributed by atoms with Gasteiger partial charge in [0.05, 0.1) is 24.2 Å². The van der Waals surface area contributed by atoms with Crippen LogP contribution in [0.2, 0.25) is 0 Å². The number of carbonyl (C=O) groups excluding carboxylic acids is 2. The van der Waals surface area contributed by atoms with Gasteiger partial charge in [0, 0.05) is 19.0 Å². The Morgan fingerprint density at radius 3 is 2.43 bits per heavy atom. The van der Waals surface area contributed by atoms with Gasteiger partial charge >= 0.3 is 0 Å². The van der Waals surface area contributed by atoms with Crippen LogP contribution in [-0.2, 0) is 19.6 Å². The average Bonchev–Trinajstić information content (AvgIpc) is 2.87. The van der Waals surface area contributed by atoms with E-state index >= 15 is 0 Å². The van der Waals surface area contributed by atoms with E-state index in [-0.39, 0.29) is 42.3 Å². The molecule has 0 unspecified atom stereocenters. The topological polar surface area (TPSA) is 105 Å². The first-order chi connectivity index (χ1) is 16.8. The summed E-state index contributed by atoms with van der Waals surface area (Å²) in [6.07, 6.45) is 0.790. The summed E-state index contributed by atoms with van der Waals surface area (Å²) in [6.45, 7) is 2.23. The van der Waals surface area contributed by atoms with E-state index in [9.17, 15) is 18.0 Å². The van der Waals surface area contributed by atoms with Crippen molar-refractivity contribution in [3.05, 3.63) is 66.2 Å². The van der Waals surface area contributed by atoms with Crippen molar-refractivity contribution >= 4 is 38.3 Å². The predicted molar refractivity (Wildman–Crippen MR) is 135 cm³/mol. The minimum Gasteiger partial charge on any atom is -0.495 e. The van der Waals surface area contributed by atoms with Crippen molar-refractivity contribution in [2.45, 2.75) is 24.7 Å². The van der Waals surface area contributed by atoms with E-state index in [0.29, 0.717) is 24.3 Å². The van der Waals surface area contributed by atoms with Gasteiger partial charge in [-0.05, 0) is 60.4 Å². The second-order valence-corrected chi connectivity index (χ2v) is 10.6. The molecule has 1 aliphatic rings. The van der Waals surface area contributed by atoms with Crippen LogP contribution in [0.15, 0.2) is 65.6 Å². The zero-order valence-electron chi connectivity index (χ0n) is 19.8. The van der Waals surface area contributed by atoms with Gasteiger partial charge in [0.15, 0.2) is 0 Å². The van der Waals surface area contributed by atoms with Crippen LogP contribution in [0, 0.1) is 12.8 Å². The molecule has 0 aromatic heterocycles. The first-order valence-electron chi connectivity index (χ1n) is 11.5. The Morgan fingerprint density at radius 2 is 1.71 bits per heavy atom. The molecule has 1 fully saturated rings. The molecule has 3 aromatic carbocycles. The van der Waals surface area contributed by atoms with E-state index in [0.717, 1.165) is 16.3 Å². The number of rotatable bonds is 7. The van der Waals surface area contributed by atoms with Crippen LogP contribution in [0.4, 0.5) is 5.69 Å². The first-order valence-corrected chi connectivity index (χ1v) is 12.9. The monoisotopic (exact) mass is 495 g/mol. The number of hydrogen-bond acceptors (Lipinski definition) is 5. The highest BCUT2D eigenvalue weighted by Gasteiger charge is 2.32. The largest absolute Gasteiger partial charge is 0.495 e. The number of piperidine rings is 1. The number of amides is 2. The molecule has 8 nitrogen and oxygen atoms in total. The zero-order chi connectivity index (χ0) is 25.0. The quantitative estimate of drug-likeness (QED) is 0.523. The Labute approximate surface area is 205 Å². The minimum atomic E-state index is -3.65. The predicted octanol–water partition coefficient (Wildman–Crippen LogP) is 3.31. The SMILES string of the molecule is COc1ccc(C)cc1NC(=O)CNC(=O)C1CCN(S(=O)(=O)c2ccc3ccccc3c2)CC1. The molecule has 0 radical (unpaired) electrons. The molecule has 0 bridgehead atoms. The van der Waals surface area contributed by atoms with Crippen molar-refractivity contribution in [3.63, 3.8) is 0 Å². The van der Waals surface area contributed by atoms with Gasteiger partial charge in [-0.25, -0.2) is 8.42 Å². The lowest BCUT2D eigenvalue weighted by molar-refractivity contribution is -0.128. The van der Waals surface area contributed by atoms with Crippen LogP contribution in [0.25, 0.3) is 10.8 Å². The van der Waals surface area contributed by atoms with Gasteiger partial charge in [-0.1, -0.05) is 36.4 Å². The van der Waals surface area contributed by atoms with E-state index < -0.39 is 10.0 Å². The molecular formula is C26H29N3O5S. The fourth-order valence-corrected chi connectivity index (χ4v) is 5.77. The van der Waals surface area contributed by atoms with Crippen LogP contribution < -0.4 is 15.4 Å². The molecule has 3 aromatic rings. The molecule has 1 heterocycles. The molecule has 0 atom stereocenters. The summed E-state index contributed by atoms with van der Waals surface area (Å²) in [5, 5.41) is 7.27. The summed E-state index contributed by atoms with van der Waals surface area (Å²) < 4.78 is 33.0. The summed E-state index contributed by atoms with van der Waals surface area (Å²) in [6, 6.07) is 18.2. The molecule has 9 heteroatoms. The number of ether oxygens (including phenoxy) is 1. The van der Waals surface area contributed by atoms with Crippen LogP contribution in [0.5, 0.6) is 5.75 Å². The number of anilines is 1. The summed E-state index contributed by atoms with van der Waals surface area (Å²) in [4.78, 5) is 25.2. The van der Waals surface area contributed by atoms with Crippen LogP contribution in [0.3, 0.4) is 0 Å². The maximum Gasteiger partial charge on any atom is 0.243 e. The first kappa shape index (κ1) is 24.7. The molecule has 2 amide bonds. The molecule has 1 aliphatic heterocycles. The maximum atomic E-state index is 13.1. The van der Waals surface area contributed by atoms with Gasteiger partial charge in [-0.15, -0.1) is 0 Å². The number of hydrogen-bond donors (Lipinski definition) is 2. The van der Waals surface area contributed by atoms with Gasteiger partial charge in [0.25, 0.3) is 0 Å². The molecular weight excluding hydrogens is 466 g/mol. The molecule has 1 saturated heterocycles. The van der Waals surface area contributed by atoms with Crippen molar-refractivity contribution in [1.82, 2.24) is 9.62 Å². The highest BCUT2D eigenvalue weighted by Crippen LogP contribution is 2.27. The Morgan fingerprint density at radius 1 is 1.00 bits per heavy atom. The van der Waals surface area contributed by atoms with E-state index in [4.69, 9.17) is 4.74 Å². The minimum absolute atomic E-state index is 0.175. The Balaban J connectivity index is 1.30. The van der Waals surface area contributed by atoms with Crippen LogP contribution in [-0.4, -0.2) is 51.3 Å². The fraction of sp³-hybridized carbons (Fsp3) is 0.308. The lowest BCUT2D eigenvalue weighted by atomic mass is 9.97. The summed E-state index contributed by atoms with van der Waals surface area (Å²) in [5.74, 6) is -0.424. The smallest absolute Gasteiger partial charge is 0.243 e. The molecule has 184 valence electrons. The maximum absolute atomic E-state index is 13.1. The third kappa shape index (κ3) is 5.63. The summed E-state index contributed by atoms with van der Waals surface area (Å²) in [7, 11) is -2.13. The Hall–Kier alpha value is -3.43. The molecule has 0 aliphatic carbocycles. The van der Waals surface area contributed by atoms with E-state index in [1.165, 1.54) is 11.4 Å². The van der Waals surface area contributed by atoms with Crippen molar-refractivity contribution in [1.29, 1.82) is 0 Å². The lowest BCUT2D eigenvalue weighted by Crippen LogP contribution is -2.44. The van der Waals surface area contributed by atoms with E-state index in [1.54, 1.807) is 30.3 Å². The second-order valence-electron chi connectivity index (χ2n) is 8.66. The van der Waals surface area contributed by atoms with Gasteiger partial charge in [0.1, 0.15) is 5.75 Å². The molecule has 4 rings (SSSR count). The number of carbonyl (C=O) groups is 2. The Bertz CT molecular complexity index is 1350. The summed E-state index contributed by atoms with van der Waals surface area (Å²) >= 11 is 0. The van der Waals surface area contributed by atoms with Crippen LogP contribution in [0.1, 0.15) is 18.4 Å². The normalized spacial score (nSPS) is 15.0. The second kappa shape index (κ2) is 10.5. The zero-order valence-corrected chi connectivity index (χ0v) is 20.6. The molecule has 0 spiro atoms. The van der Waals surface area contributed by atoms with E-state index in [1.807, 2.05) is 37.3 Å². The number of aryl methyl sites for hydroxylation is 1. The lowest BCUT2D eigenvalue weighted by Gasteiger charge is -2.30. The fourth-order valence-electron chi connectivity index (χ4n) is 4.26. The van der Waals surface area contributed by atoms with Crippen molar-refractivity contribution in [3.8, 4) is 5.75 Å². The van der Waals surface area contributed by atoms with Crippen molar-refractivity contribution in [2.24, 2.45) is 5.92 Å². The summed E-state index contributed by atoms with van der Waals surface area (Å²) in [5.41, 5.74) is 1.51. The molecule has 0 saturated carbocycles. The van der Waals surface area contributed by atoms with Gasteiger partial charge in [-0.2, -0.15) is 4.31 Å². The van der Waals surface area contributed by atoms with Gasteiger partial charge < -0.3 is 15.4 Å². The molecule has 2 N–H and O–H groups in total. The Kier molecular flexibility index (Phi) is 7.37. The van der Waals surface area contributed by atoms with E-state index in [2.05, 4.69) is 10.6 Å². The highest BCUT2D eigenvalue weighted by molar-refractivity contribution is 7.89. The number of sulfonamides is 1. The highest BCUT2D eigenvalue weighted by atomic mass is 32.2. The number of fused-ring (bicyclic) bond motifs is 1. The number of benzene rings is 3.